The molecule has 0 saturated heterocycles. The van der Waals surface area contributed by atoms with Gasteiger partial charge >= 0.3 is 0 Å². The van der Waals surface area contributed by atoms with Crippen molar-refractivity contribution < 1.29 is 29.1 Å². The summed E-state index contributed by atoms with van der Waals surface area (Å²) in [5.41, 5.74) is -4.93. The van der Waals surface area contributed by atoms with Crippen LogP contribution in [-0.2, 0) is 24.0 Å². The van der Waals surface area contributed by atoms with Crippen molar-refractivity contribution in [3.63, 3.8) is 0 Å². The Morgan fingerprint density at radius 2 is 1.05 bits per heavy atom. The molecule has 11 heteroatoms. The third-order valence-corrected chi connectivity index (χ3v) is 6.06. The molecule has 0 aliphatic carbocycles. The van der Waals surface area contributed by atoms with Crippen molar-refractivity contribution in [2.75, 3.05) is 20.7 Å². The first-order valence-corrected chi connectivity index (χ1v) is 12.4. The maximum atomic E-state index is 13.1. The van der Waals surface area contributed by atoms with E-state index in [2.05, 4.69) is 21.3 Å². The summed E-state index contributed by atoms with van der Waals surface area (Å²) in [4.78, 5) is 65.7. The number of likely N-dealkylation sites (N-methyl/N-ethyl adjacent to an activating group) is 1. The van der Waals surface area contributed by atoms with Gasteiger partial charge in [0, 0.05) is 14.1 Å². The molecule has 5 amide bonds. The second kappa shape index (κ2) is 11.9. The average molecular weight is 534 g/mol. The molecule has 1 rings (SSSR count). The molecule has 1 aromatic rings. The van der Waals surface area contributed by atoms with Crippen LogP contribution in [0.15, 0.2) is 30.3 Å². The van der Waals surface area contributed by atoms with Crippen LogP contribution in [-0.4, -0.2) is 82.4 Å². The minimum Gasteiger partial charge on any atom is -0.395 e. The number of nitrogens with one attached hydrogen (secondary N) is 4. The molecule has 0 heterocycles. The molecule has 0 aliphatic heterocycles. The molecule has 11 nitrogen and oxygen atoms in total. The third kappa shape index (κ3) is 8.27. The Morgan fingerprint density at radius 1 is 0.684 bits per heavy atom. The zero-order chi connectivity index (χ0) is 29.7. The van der Waals surface area contributed by atoms with Gasteiger partial charge in [-0.05, 0) is 61.0 Å². The van der Waals surface area contributed by atoms with E-state index in [0.717, 1.165) is 0 Å². The molecule has 0 aliphatic rings. The molecule has 0 fully saturated rings. The van der Waals surface area contributed by atoms with Gasteiger partial charge in [-0.2, -0.15) is 0 Å². The molecule has 5 N–H and O–H groups in total. The maximum Gasteiger partial charge on any atom is 0.247 e. The minimum absolute atomic E-state index is 0.319. The van der Waals surface area contributed by atoms with Crippen molar-refractivity contribution in [1.82, 2.24) is 26.2 Å². The minimum atomic E-state index is -1.47. The number of carbonyl (C=O) groups is 5. The van der Waals surface area contributed by atoms with Crippen molar-refractivity contribution in [2.24, 2.45) is 0 Å². The smallest absolute Gasteiger partial charge is 0.247 e. The molecule has 1 atom stereocenters. The van der Waals surface area contributed by atoms with E-state index in [1.807, 2.05) is 0 Å². The van der Waals surface area contributed by atoms with Crippen molar-refractivity contribution in [1.29, 1.82) is 0 Å². The number of hydrogen-bond donors (Lipinski definition) is 5. The van der Waals surface area contributed by atoms with E-state index in [9.17, 15) is 29.1 Å². The number of benzene rings is 1. The lowest BCUT2D eigenvalue weighted by Crippen LogP contribution is -2.67. The lowest BCUT2D eigenvalue weighted by atomic mass is 9.94. The van der Waals surface area contributed by atoms with Crippen LogP contribution < -0.4 is 21.3 Å². The van der Waals surface area contributed by atoms with Gasteiger partial charge in [-0.25, -0.2) is 0 Å². The summed E-state index contributed by atoms with van der Waals surface area (Å²) < 4.78 is 0. The van der Waals surface area contributed by atoms with Gasteiger partial charge in [-0.1, -0.05) is 30.3 Å². The fourth-order valence-electron chi connectivity index (χ4n) is 3.52. The first-order chi connectivity index (χ1) is 17.2. The Morgan fingerprint density at radius 3 is 1.42 bits per heavy atom. The lowest BCUT2D eigenvalue weighted by molar-refractivity contribution is -0.142. The van der Waals surface area contributed by atoms with E-state index < -0.39 is 58.3 Å². The van der Waals surface area contributed by atoms with Crippen LogP contribution in [0, 0.1) is 0 Å². The van der Waals surface area contributed by atoms with Crippen LogP contribution >= 0.6 is 0 Å². The maximum absolute atomic E-state index is 13.1. The summed E-state index contributed by atoms with van der Waals surface area (Å²) in [6.07, 6.45) is 0. The quantitative estimate of drug-likeness (QED) is 0.278. The predicted molar refractivity (Wildman–Crippen MR) is 144 cm³/mol. The van der Waals surface area contributed by atoms with E-state index >= 15 is 0 Å². The summed E-state index contributed by atoms with van der Waals surface area (Å²) in [6, 6.07) is 8.68. The Kier molecular flexibility index (Phi) is 10.2. The van der Waals surface area contributed by atoms with E-state index in [-0.39, 0.29) is 5.91 Å². The summed E-state index contributed by atoms with van der Waals surface area (Å²) in [6.45, 7) is 11.5. The topological polar surface area (TPSA) is 157 Å². The van der Waals surface area contributed by atoms with Crippen molar-refractivity contribution >= 4 is 29.5 Å². The normalized spacial score (nSPS) is 13.1. The number of amides is 5. The van der Waals surface area contributed by atoms with Gasteiger partial charge in [0.15, 0.2) is 0 Å². The molecule has 38 heavy (non-hydrogen) atoms. The first kappa shape index (κ1) is 32.6. The highest BCUT2D eigenvalue weighted by Gasteiger charge is 2.42. The second-order valence-electron chi connectivity index (χ2n) is 11.7. The van der Waals surface area contributed by atoms with Gasteiger partial charge in [-0.3, -0.25) is 24.0 Å². The largest absolute Gasteiger partial charge is 0.395 e. The highest BCUT2D eigenvalue weighted by molar-refractivity contribution is 6.00. The average Bonchev–Trinajstić information content (AvgIpc) is 2.78. The number of aliphatic hydroxyl groups excluding tert-OH is 1. The first-order valence-electron chi connectivity index (χ1n) is 12.4. The molecule has 0 bridgehead atoms. The van der Waals surface area contributed by atoms with Gasteiger partial charge in [0.05, 0.1) is 12.5 Å². The van der Waals surface area contributed by atoms with Gasteiger partial charge in [0.1, 0.15) is 22.2 Å². The lowest BCUT2D eigenvalue weighted by Gasteiger charge is -2.36. The highest BCUT2D eigenvalue weighted by Crippen LogP contribution is 2.18. The number of hydrogen-bond acceptors (Lipinski definition) is 6. The number of carbonyl (C=O) groups excluding carboxylic acids is 5. The molecule has 0 spiro atoms. The SMILES string of the molecule is CN(C)C(=O)C(C)(C)NC(=O)C(C)(C)NC(=O)C(C)(C)NC(=O)C(C)(C)NC(=O)C(CO)c1ccccc1. The van der Waals surface area contributed by atoms with E-state index in [0.29, 0.717) is 5.56 Å². The summed E-state index contributed by atoms with van der Waals surface area (Å²) in [5, 5.41) is 20.3. The van der Waals surface area contributed by atoms with Crippen LogP contribution in [0.25, 0.3) is 0 Å². The fraction of sp³-hybridized carbons (Fsp3) is 0.593. The molecule has 1 aromatic carbocycles. The second-order valence-corrected chi connectivity index (χ2v) is 11.7. The fourth-order valence-corrected chi connectivity index (χ4v) is 3.52. The van der Waals surface area contributed by atoms with Gasteiger partial charge in [-0.15, -0.1) is 0 Å². The molecule has 0 aromatic heterocycles. The number of aliphatic hydroxyl groups is 1. The molecule has 0 radical (unpaired) electrons. The molecule has 1 unspecified atom stereocenters. The summed E-state index contributed by atoms with van der Waals surface area (Å²) >= 11 is 0. The highest BCUT2D eigenvalue weighted by atomic mass is 16.3. The van der Waals surface area contributed by atoms with Crippen molar-refractivity contribution in [2.45, 2.75) is 83.5 Å². The Balaban J connectivity index is 2.92. The molecule has 212 valence electrons. The van der Waals surface area contributed by atoms with Gasteiger partial charge < -0.3 is 31.3 Å². The standard InChI is InChI=1S/C27H43N5O6/c1-24(2,28-19(34)18(16-33)17-14-12-11-13-15-17)20(35)29-25(3,4)21(36)30-26(5,6)22(37)31-27(7,8)23(38)32(9)10/h11-15,18,33H,16H2,1-10H3,(H,28,34)(H,29,35)(H,30,36)(H,31,37). The Bertz CT molecular complexity index is 1050. The molecular formula is C27H43N5O6. The van der Waals surface area contributed by atoms with E-state index in [1.54, 1.807) is 58.3 Å². The van der Waals surface area contributed by atoms with Crippen LogP contribution in [0.3, 0.4) is 0 Å². The monoisotopic (exact) mass is 533 g/mol. The predicted octanol–water partition coefficient (Wildman–Crippen LogP) is 0.430. The van der Waals surface area contributed by atoms with Gasteiger partial charge in [0.2, 0.25) is 29.5 Å². The van der Waals surface area contributed by atoms with Gasteiger partial charge in [0.25, 0.3) is 0 Å². The van der Waals surface area contributed by atoms with E-state index in [4.69, 9.17) is 0 Å². The van der Waals surface area contributed by atoms with Crippen LogP contribution in [0.2, 0.25) is 0 Å². The van der Waals surface area contributed by atoms with Crippen molar-refractivity contribution in [3.05, 3.63) is 35.9 Å². The molecule has 0 saturated carbocycles. The van der Waals surface area contributed by atoms with Crippen LogP contribution in [0.1, 0.15) is 66.9 Å². The zero-order valence-corrected chi connectivity index (χ0v) is 24.1. The summed E-state index contributed by atoms with van der Waals surface area (Å²) in [7, 11) is 3.15. The zero-order valence-electron chi connectivity index (χ0n) is 24.1. The van der Waals surface area contributed by atoms with Crippen LogP contribution in [0.4, 0.5) is 0 Å². The third-order valence-electron chi connectivity index (χ3n) is 6.06. The van der Waals surface area contributed by atoms with Crippen LogP contribution in [0.5, 0.6) is 0 Å². The Hall–Kier alpha value is -3.47. The number of rotatable bonds is 11. The number of nitrogens with zero attached hydrogens (tertiary/aromatic N) is 1. The molecular weight excluding hydrogens is 490 g/mol. The van der Waals surface area contributed by atoms with Crippen molar-refractivity contribution in [3.8, 4) is 0 Å². The summed E-state index contributed by atoms with van der Waals surface area (Å²) in [5.74, 6) is -3.62. The van der Waals surface area contributed by atoms with E-state index in [1.165, 1.54) is 46.4 Å². The Labute approximate surface area is 225 Å².